The predicted octanol–water partition coefficient (Wildman–Crippen LogP) is 0.775. The lowest BCUT2D eigenvalue weighted by atomic mass is 9.85. The standard InChI is InChI=1S/C104H158N20O23/c1-61(2)51-81(114-70(11)126)101(146)116-95(69(10)125)98(143)96(141)80(52-71-29-23-22-24-30-71)122-123-104(13)47-28-21-19-17-15-16-18-20-27-46-103(12,91(136)58-111-65(6)87(132)45-50-109-64(5)86(131)44-49-108-63(4)85(130)43-48-107-62(3)83(128)39-40-84(129)66(7)113-60-124(14)59-93(106)138)117-100(145)68(9)118-119-77(37-41-92(105)137)90(135)57-110-67(8)88(133)55-89(134)79(54-73-56-112-76-32-26-25-31-75(73)76)120-121-82(53-72-33-35-74(127)36-34-72)102(147)115-78(38-42-94(139)140)97(142)99(104)144/h16,18,22-26,29-36,56,61-69,77-82,95,107-113,118-123,125,127H,15,17,19-21,27-28,37-55,57-60H2,1-14H3,(H2,105,137)(H2,106,138)(H,114,126)(H,115,147)(H,116,146)(H,117,145)(H,139,140)/b18-16+/t62-,63-,64-,65-,66-,67-,68-,69+,77-,78-,79-,80-,81-,82-,95-,103-,104+/m0/s1. The number of hydrogen-bond donors (Lipinski definition) is 22. The quantitative estimate of drug-likeness (QED) is 0.00954. The van der Waals surface area contributed by atoms with Gasteiger partial charge in [-0.15, -0.1) is 0 Å². The third-order valence-electron chi connectivity index (χ3n) is 26.0. The van der Waals surface area contributed by atoms with Crippen molar-refractivity contribution in [1.82, 2.24) is 95.6 Å². The molecule has 17 atom stereocenters. The normalized spacial score (nSPS) is 21.7. The Morgan fingerprint density at radius 2 is 1.09 bits per heavy atom. The van der Waals surface area contributed by atoms with E-state index in [0.29, 0.717) is 66.1 Å². The third kappa shape index (κ3) is 45.4. The van der Waals surface area contributed by atoms with Crippen LogP contribution in [-0.2, 0) is 115 Å². The molecule has 1 aromatic heterocycles. The molecule has 0 radical (unpaired) electrons. The van der Waals surface area contributed by atoms with Crippen LogP contribution in [0.5, 0.6) is 5.75 Å². The van der Waals surface area contributed by atoms with Crippen LogP contribution in [0.3, 0.4) is 0 Å². The second kappa shape index (κ2) is 64.4. The van der Waals surface area contributed by atoms with Crippen molar-refractivity contribution in [2.24, 2.45) is 17.4 Å². The number of carboxylic acid groups (broad SMARTS) is 1. The number of rotatable bonds is 53. The van der Waals surface area contributed by atoms with Gasteiger partial charge in [0, 0.05) is 95.3 Å². The smallest absolute Gasteiger partial charge is 0.303 e. The highest BCUT2D eigenvalue weighted by Crippen LogP contribution is 2.25. The molecular formula is C104H158N20O23. The van der Waals surface area contributed by atoms with Crippen LogP contribution in [-0.4, -0.2) is 297 Å². The number of phenolic OH excluding ortho intramolecular Hbond substituents is 1. The van der Waals surface area contributed by atoms with E-state index in [2.05, 4.69) is 90.7 Å². The first-order valence-corrected chi connectivity index (χ1v) is 50.7. The number of benzene rings is 3. The molecule has 0 saturated carbocycles. The molecule has 0 spiro atoms. The molecule has 6 amide bonds. The number of aromatic amines is 1. The molecule has 43 heteroatoms. The number of hydrazine groups is 3. The zero-order valence-corrected chi connectivity index (χ0v) is 87.3. The number of aliphatic carboxylic acids is 1. The number of aromatic nitrogens is 1. The van der Waals surface area contributed by atoms with Gasteiger partial charge >= 0.3 is 5.97 Å². The summed E-state index contributed by atoms with van der Waals surface area (Å²) in [5.41, 5.74) is 26.5. The number of H-pyrrole nitrogens is 1. The molecule has 0 fully saturated rings. The highest BCUT2D eigenvalue weighted by Gasteiger charge is 2.45. The number of nitrogens with one attached hydrogen (secondary N) is 17. The number of fused-ring (bicyclic) bond motifs is 1. The van der Waals surface area contributed by atoms with E-state index in [-0.39, 0.29) is 163 Å². The molecule has 1 aliphatic rings. The fourth-order valence-corrected chi connectivity index (χ4v) is 16.3. The maximum atomic E-state index is 15.6. The van der Waals surface area contributed by atoms with Crippen LogP contribution in [0, 0.1) is 5.92 Å². The van der Waals surface area contributed by atoms with Crippen molar-refractivity contribution < 1.29 is 111 Å². The Morgan fingerprint density at radius 1 is 0.537 bits per heavy atom. The van der Waals surface area contributed by atoms with E-state index in [4.69, 9.17) is 11.5 Å². The van der Waals surface area contributed by atoms with Crippen LogP contribution in [0.25, 0.3) is 10.9 Å². The number of carbonyl (C=O) groups is 20. The SMILES string of the molecule is CC(=O)N[C@@H](CC(C)C)C(=O)N[C@H](C(=O)C(=O)[C@H](Cc1ccccc1)NN[C@]1(C)CCCCCC/C=C/CCC[C@@](C)(C(=O)CN[C@@H](C)C(=O)CCN[C@@H](C)C(=O)CCN[C@@H](C)C(=O)CCN[C@@H](C)C(=O)CCC(=O)[C@H](C)NCN(C)CC(N)=O)NC(=O)[C@H](C)NN[C@@H](CCC(N)=O)C(=O)CN[C@@H](C)C(=O)CC(=O)[C@H](Cc2c[nH]c3ccccc23)NN[C@@H](Cc2ccc(O)cc2)C(=O)N[C@@H](CCC(=O)O)C(=O)C1=O)[C@@H](C)O. The Bertz CT molecular complexity index is 5130. The highest BCUT2D eigenvalue weighted by molar-refractivity contribution is 6.43. The number of Topliss-reactive ketones (excluding diaryl/α,β-unsaturated/α-hetero) is 13. The van der Waals surface area contributed by atoms with E-state index in [1.807, 2.05) is 12.2 Å². The van der Waals surface area contributed by atoms with Gasteiger partial charge in [-0.2, -0.15) is 0 Å². The lowest BCUT2D eigenvalue weighted by Gasteiger charge is -2.33. The maximum Gasteiger partial charge on any atom is 0.303 e. The topological polar surface area (TPSA) is 666 Å². The van der Waals surface area contributed by atoms with Crippen molar-refractivity contribution in [1.29, 1.82) is 0 Å². The molecule has 4 aromatic rings. The first-order chi connectivity index (χ1) is 69.4. The number of carboxylic acids is 1. The number of carbonyl (C=O) groups excluding carboxylic acids is 19. The van der Waals surface area contributed by atoms with Crippen molar-refractivity contribution in [3.63, 3.8) is 0 Å². The van der Waals surface area contributed by atoms with Crippen molar-refractivity contribution in [2.75, 3.05) is 53.0 Å². The molecule has 1 aliphatic heterocycles. The third-order valence-corrected chi connectivity index (χ3v) is 26.0. The summed E-state index contributed by atoms with van der Waals surface area (Å²) in [4.78, 5) is 281. The number of aliphatic hydroxyl groups excluding tert-OH is 1. The fourth-order valence-electron chi connectivity index (χ4n) is 16.3. The Morgan fingerprint density at radius 3 is 1.67 bits per heavy atom. The summed E-state index contributed by atoms with van der Waals surface area (Å²) < 4.78 is 0. The largest absolute Gasteiger partial charge is 0.508 e. The number of likely N-dealkylation sites (N-methyl/N-ethyl adjacent to an activating group) is 1. The number of hydrogen-bond acceptors (Lipinski definition) is 35. The number of primary amides is 2. The summed E-state index contributed by atoms with van der Waals surface area (Å²) >= 11 is 0. The van der Waals surface area contributed by atoms with Gasteiger partial charge in [0.25, 0.3) is 0 Å². The van der Waals surface area contributed by atoms with Gasteiger partial charge in [0.2, 0.25) is 58.6 Å². The number of phenols is 1. The molecule has 43 nitrogen and oxygen atoms in total. The van der Waals surface area contributed by atoms with Gasteiger partial charge in [-0.25, -0.2) is 32.6 Å². The van der Waals surface area contributed by atoms with Gasteiger partial charge < -0.3 is 79.6 Å². The minimum absolute atomic E-state index is 0.00417. The summed E-state index contributed by atoms with van der Waals surface area (Å²) in [5.74, 6) is -14.9. The van der Waals surface area contributed by atoms with Crippen molar-refractivity contribution in [3.05, 3.63) is 114 Å². The minimum Gasteiger partial charge on any atom is -0.508 e. The Hall–Kier alpha value is -11.8. The van der Waals surface area contributed by atoms with E-state index in [1.54, 1.807) is 121 Å². The fraction of sp³-hybridized carbons (Fsp3) is 0.596. The summed E-state index contributed by atoms with van der Waals surface area (Å²) in [5, 5.41) is 60.9. The van der Waals surface area contributed by atoms with Crippen LogP contribution in [0.15, 0.2) is 97.2 Å². The Kier molecular flexibility index (Phi) is 55.1. The number of nitrogens with two attached hydrogens (primary N) is 2. The maximum absolute atomic E-state index is 15.6. The molecule has 0 aliphatic carbocycles. The number of nitrogens with zero attached hydrogens (tertiary/aromatic N) is 1. The average molecular weight is 2060 g/mol. The van der Waals surface area contributed by atoms with Crippen LogP contribution in [0.2, 0.25) is 0 Å². The van der Waals surface area contributed by atoms with Crippen LogP contribution in [0.1, 0.15) is 235 Å². The van der Waals surface area contributed by atoms with E-state index >= 15 is 14.4 Å². The molecule has 2 heterocycles. The van der Waals surface area contributed by atoms with Crippen molar-refractivity contribution in [2.45, 2.75) is 339 Å². The lowest BCUT2D eigenvalue weighted by molar-refractivity contribution is -0.144. The van der Waals surface area contributed by atoms with E-state index in [9.17, 15) is 96.8 Å². The summed E-state index contributed by atoms with van der Waals surface area (Å²) in [6.07, 6.45) is 3.21. The van der Waals surface area contributed by atoms with Crippen LogP contribution in [0.4, 0.5) is 0 Å². The van der Waals surface area contributed by atoms with Crippen molar-refractivity contribution >= 4 is 127 Å². The molecule has 147 heavy (non-hydrogen) atoms. The predicted molar refractivity (Wildman–Crippen MR) is 550 cm³/mol. The van der Waals surface area contributed by atoms with Crippen LogP contribution >= 0.6 is 0 Å². The van der Waals surface area contributed by atoms with Gasteiger partial charge in [-0.3, -0.25) is 106 Å². The zero-order valence-electron chi connectivity index (χ0n) is 87.3. The summed E-state index contributed by atoms with van der Waals surface area (Å²) in [6.45, 7) is 19.6. The summed E-state index contributed by atoms with van der Waals surface area (Å²) in [6, 6.07) is 4.50. The van der Waals surface area contributed by atoms with Gasteiger partial charge in [-0.1, -0.05) is 106 Å². The number of amides is 6. The number of ketones is 13. The lowest BCUT2D eigenvalue weighted by Crippen LogP contribution is -2.65. The monoisotopic (exact) mass is 2060 g/mol. The number of aliphatic hydroxyl groups is 1. The Balaban J connectivity index is 1.42. The first kappa shape index (κ1) is 126. The number of para-hydroxylation sites is 1. The first-order valence-electron chi connectivity index (χ1n) is 50.7. The Labute approximate surface area is 859 Å². The molecule has 5 rings (SSSR count). The second-order valence-corrected chi connectivity index (χ2v) is 39.3. The molecule has 0 bridgehead atoms. The van der Waals surface area contributed by atoms with E-state index in [0.717, 1.165) is 0 Å². The van der Waals surface area contributed by atoms with Gasteiger partial charge in [-0.05, 0) is 194 Å². The molecule has 0 saturated heterocycles. The number of aromatic hydroxyl groups is 1. The van der Waals surface area contributed by atoms with E-state index < -0.39 is 222 Å². The second-order valence-electron chi connectivity index (χ2n) is 39.3. The number of allylic oxidation sites excluding steroid dienone is 2. The van der Waals surface area contributed by atoms with E-state index in [1.165, 1.54) is 65.8 Å². The zero-order chi connectivity index (χ0) is 109. The van der Waals surface area contributed by atoms with Gasteiger partial charge in [0.1, 0.15) is 35.4 Å². The van der Waals surface area contributed by atoms with Gasteiger partial charge in [0.15, 0.2) is 40.5 Å². The molecule has 3 aromatic carbocycles. The molecular weight excluding hydrogens is 1900 g/mol. The molecule has 812 valence electrons. The molecule has 0 unspecified atom stereocenters. The highest BCUT2D eigenvalue weighted by atomic mass is 16.4. The van der Waals surface area contributed by atoms with Crippen LogP contribution < -0.4 is 97.2 Å². The minimum atomic E-state index is -2.09. The van der Waals surface area contributed by atoms with Gasteiger partial charge in [0.05, 0.1) is 110 Å². The summed E-state index contributed by atoms with van der Waals surface area (Å²) in [7, 11) is 1.67. The van der Waals surface area contributed by atoms with Crippen molar-refractivity contribution in [3.8, 4) is 5.75 Å². The molecule has 24 N–H and O–H groups in total. The average Bonchev–Trinajstić information content (AvgIpc) is 1.65.